The maximum absolute atomic E-state index is 3.34. The van der Waals surface area contributed by atoms with Crippen LogP contribution < -0.4 is 10.6 Å². The van der Waals surface area contributed by atoms with E-state index in [4.69, 9.17) is 0 Å². The van der Waals surface area contributed by atoms with Crippen LogP contribution in [0.3, 0.4) is 0 Å². The Kier molecular flexibility index (Phi) is 2.59. The predicted molar refractivity (Wildman–Crippen MR) is 83.9 cm³/mol. The summed E-state index contributed by atoms with van der Waals surface area (Å²) in [5.41, 5.74) is 5.15. The van der Waals surface area contributed by atoms with Gasteiger partial charge in [-0.3, -0.25) is 0 Å². The topological polar surface area (TPSA) is 24.1 Å². The van der Waals surface area contributed by atoms with E-state index >= 15 is 0 Å². The molecule has 2 aromatic rings. The first-order chi connectivity index (χ1) is 9.93. The zero-order chi connectivity index (χ0) is 13.4. The van der Waals surface area contributed by atoms with E-state index in [0.29, 0.717) is 11.8 Å². The van der Waals surface area contributed by atoms with E-state index in [1.807, 2.05) is 0 Å². The van der Waals surface area contributed by atoms with Crippen molar-refractivity contribution in [2.45, 2.75) is 11.8 Å². The molecule has 0 saturated heterocycles. The van der Waals surface area contributed by atoms with Crippen molar-refractivity contribution in [3.05, 3.63) is 84.2 Å². The number of benzene rings is 2. The van der Waals surface area contributed by atoms with Gasteiger partial charge in [-0.2, -0.15) is 0 Å². The molecule has 0 bridgehead atoms. The van der Waals surface area contributed by atoms with Gasteiger partial charge in [-0.1, -0.05) is 48.6 Å². The van der Waals surface area contributed by atoms with E-state index in [9.17, 15) is 0 Å². The van der Waals surface area contributed by atoms with Crippen LogP contribution in [0.4, 0.5) is 11.4 Å². The van der Waals surface area contributed by atoms with Gasteiger partial charge >= 0.3 is 0 Å². The second-order valence-corrected chi connectivity index (χ2v) is 5.23. The number of hydrogen-bond acceptors (Lipinski definition) is 2. The van der Waals surface area contributed by atoms with Gasteiger partial charge in [0.1, 0.15) is 0 Å². The van der Waals surface area contributed by atoms with Crippen LogP contribution in [0, 0.1) is 0 Å². The molecule has 2 heterocycles. The Morgan fingerprint density at radius 3 is 1.55 bits per heavy atom. The molecule has 0 amide bonds. The Hall–Kier alpha value is -2.48. The highest BCUT2D eigenvalue weighted by Crippen LogP contribution is 2.43. The number of rotatable bonds is 1. The number of allylic oxidation sites excluding steroid dienone is 2. The third-order valence-electron chi connectivity index (χ3n) is 4.11. The summed E-state index contributed by atoms with van der Waals surface area (Å²) in [6.45, 7) is 0. The summed E-state index contributed by atoms with van der Waals surface area (Å²) in [6, 6.07) is 17.1. The summed E-state index contributed by atoms with van der Waals surface area (Å²) < 4.78 is 0. The van der Waals surface area contributed by atoms with E-state index in [2.05, 4.69) is 83.7 Å². The molecule has 2 atom stereocenters. The first-order valence-electron chi connectivity index (χ1n) is 6.98. The normalized spacial score (nSPS) is 22.4. The molecule has 2 N–H and O–H groups in total. The Morgan fingerprint density at radius 1 is 0.600 bits per heavy atom. The Labute approximate surface area is 118 Å². The molecule has 2 nitrogen and oxygen atoms in total. The maximum atomic E-state index is 3.34. The van der Waals surface area contributed by atoms with Gasteiger partial charge in [0, 0.05) is 23.2 Å². The van der Waals surface area contributed by atoms with Gasteiger partial charge < -0.3 is 10.6 Å². The highest BCUT2D eigenvalue weighted by Gasteiger charge is 2.27. The molecular weight excluding hydrogens is 244 g/mol. The first-order valence-corrected chi connectivity index (χ1v) is 6.98. The van der Waals surface area contributed by atoms with Crippen LogP contribution in [0.2, 0.25) is 0 Å². The lowest BCUT2D eigenvalue weighted by atomic mass is 9.78. The van der Waals surface area contributed by atoms with Crippen molar-refractivity contribution >= 4 is 11.4 Å². The van der Waals surface area contributed by atoms with E-state index < -0.39 is 0 Å². The van der Waals surface area contributed by atoms with E-state index in [0.717, 1.165) is 0 Å². The smallest absolute Gasteiger partial charge is 0.0418 e. The number of nitrogens with one attached hydrogen (secondary N) is 2. The third kappa shape index (κ3) is 1.73. The first kappa shape index (κ1) is 11.4. The highest BCUT2D eigenvalue weighted by atomic mass is 14.9. The Balaban J connectivity index is 1.82. The average Bonchev–Trinajstić information content (AvgIpc) is 2.54. The van der Waals surface area contributed by atoms with Crippen LogP contribution in [0.25, 0.3) is 0 Å². The predicted octanol–water partition coefficient (Wildman–Crippen LogP) is 4.43. The average molecular weight is 260 g/mol. The zero-order valence-corrected chi connectivity index (χ0v) is 11.1. The lowest BCUT2D eigenvalue weighted by Crippen LogP contribution is -2.16. The Morgan fingerprint density at radius 2 is 1.05 bits per heavy atom. The van der Waals surface area contributed by atoms with E-state index in [1.165, 1.54) is 22.5 Å². The Bertz CT molecular complexity index is 639. The van der Waals surface area contributed by atoms with Crippen LogP contribution in [0.15, 0.2) is 73.1 Å². The van der Waals surface area contributed by atoms with Crippen molar-refractivity contribution in [1.82, 2.24) is 0 Å². The molecule has 98 valence electrons. The summed E-state index contributed by atoms with van der Waals surface area (Å²) in [5.74, 6) is 0.763. The molecule has 0 aromatic heterocycles. The van der Waals surface area contributed by atoms with Crippen LogP contribution >= 0.6 is 0 Å². The summed E-state index contributed by atoms with van der Waals surface area (Å²) >= 11 is 0. The number of para-hydroxylation sites is 2. The second-order valence-electron chi connectivity index (χ2n) is 5.23. The van der Waals surface area contributed by atoms with E-state index in [-0.39, 0.29) is 0 Å². The van der Waals surface area contributed by atoms with Crippen LogP contribution in [0.1, 0.15) is 23.0 Å². The lowest BCUT2D eigenvalue weighted by molar-refractivity contribution is 0.729. The molecule has 2 aliphatic rings. The van der Waals surface area contributed by atoms with Crippen molar-refractivity contribution in [2.24, 2.45) is 0 Å². The monoisotopic (exact) mass is 260 g/mol. The van der Waals surface area contributed by atoms with Gasteiger partial charge in [-0.15, -0.1) is 0 Å². The molecule has 2 heteroatoms. The van der Waals surface area contributed by atoms with Gasteiger partial charge in [-0.05, 0) is 35.7 Å². The van der Waals surface area contributed by atoms with Crippen molar-refractivity contribution in [1.29, 1.82) is 0 Å². The van der Waals surface area contributed by atoms with Crippen LogP contribution in [0.5, 0.6) is 0 Å². The number of hydrogen-bond donors (Lipinski definition) is 2. The van der Waals surface area contributed by atoms with Crippen LogP contribution in [-0.2, 0) is 0 Å². The SMILES string of the molecule is C1=CC(C2C=CNc3ccccc32)c2ccccc2N1. The minimum absolute atomic E-state index is 0.381. The quantitative estimate of drug-likeness (QED) is 0.792. The minimum atomic E-state index is 0.381. The zero-order valence-electron chi connectivity index (χ0n) is 11.1. The van der Waals surface area contributed by atoms with Crippen molar-refractivity contribution < 1.29 is 0 Å². The molecule has 0 spiro atoms. The number of fused-ring (bicyclic) bond motifs is 2. The van der Waals surface area contributed by atoms with Gasteiger partial charge in [0.15, 0.2) is 0 Å². The van der Waals surface area contributed by atoms with E-state index in [1.54, 1.807) is 0 Å². The maximum Gasteiger partial charge on any atom is 0.0418 e. The molecule has 2 unspecified atom stereocenters. The molecule has 2 aromatic carbocycles. The largest absolute Gasteiger partial charge is 0.362 e. The minimum Gasteiger partial charge on any atom is -0.362 e. The molecular formula is C18H16N2. The fourth-order valence-electron chi connectivity index (χ4n) is 3.16. The van der Waals surface area contributed by atoms with Gasteiger partial charge in [-0.25, -0.2) is 0 Å². The van der Waals surface area contributed by atoms with Crippen molar-refractivity contribution in [3.8, 4) is 0 Å². The van der Waals surface area contributed by atoms with Gasteiger partial charge in [0.25, 0.3) is 0 Å². The molecule has 0 aliphatic carbocycles. The lowest BCUT2D eigenvalue weighted by Gasteiger charge is -2.31. The molecule has 0 radical (unpaired) electrons. The molecule has 2 aliphatic heterocycles. The summed E-state index contributed by atoms with van der Waals surface area (Å²) in [7, 11) is 0. The second kappa shape index (κ2) is 4.57. The standard InChI is InChI=1S/C18H16N2/c1-3-7-17-15(5-1)13(9-11-19-17)14-10-12-20-18-8-4-2-6-16(14)18/h1-14,19-20H. The molecule has 0 fully saturated rings. The fraction of sp³-hybridized carbons (Fsp3) is 0.111. The van der Waals surface area contributed by atoms with Gasteiger partial charge in [0.2, 0.25) is 0 Å². The third-order valence-corrected chi connectivity index (χ3v) is 4.11. The number of anilines is 2. The summed E-state index contributed by atoms with van der Waals surface area (Å²) in [5, 5.41) is 6.67. The molecule has 20 heavy (non-hydrogen) atoms. The molecule has 4 rings (SSSR count). The van der Waals surface area contributed by atoms with Crippen molar-refractivity contribution in [2.75, 3.05) is 10.6 Å². The van der Waals surface area contributed by atoms with Gasteiger partial charge in [0.05, 0.1) is 0 Å². The highest BCUT2D eigenvalue weighted by molar-refractivity contribution is 5.64. The molecule has 0 saturated carbocycles. The van der Waals surface area contributed by atoms with Crippen LogP contribution in [-0.4, -0.2) is 0 Å². The fourth-order valence-corrected chi connectivity index (χ4v) is 3.16. The van der Waals surface area contributed by atoms with Crippen molar-refractivity contribution in [3.63, 3.8) is 0 Å². The summed E-state index contributed by atoms with van der Waals surface area (Å²) in [4.78, 5) is 0. The summed E-state index contributed by atoms with van der Waals surface area (Å²) in [6.07, 6.45) is 8.65.